The van der Waals surface area contributed by atoms with Crippen LogP contribution < -0.4 is 4.90 Å². The van der Waals surface area contributed by atoms with E-state index in [4.69, 9.17) is 0 Å². The molecule has 0 atom stereocenters. The van der Waals surface area contributed by atoms with Gasteiger partial charge in [0.05, 0.1) is 0 Å². The van der Waals surface area contributed by atoms with Gasteiger partial charge in [-0.2, -0.15) is 13.2 Å². The maximum Gasteiger partial charge on any atom is 0.485 e. The van der Waals surface area contributed by atoms with E-state index < -0.39 is 6.30 Å². The molecule has 2 rings (SSSR count). The third-order valence-electron chi connectivity index (χ3n) is 2.78. The predicted molar refractivity (Wildman–Crippen MR) is 57.4 cm³/mol. The van der Waals surface area contributed by atoms with Crippen LogP contribution in [0.25, 0.3) is 0 Å². The van der Waals surface area contributed by atoms with Gasteiger partial charge < -0.3 is 0 Å². The number of benzene rings is 1. The van der Waals surface area contributed by atoms with E-state index in [0.29, 0.717) is 17.7 Å². The molecule has 1 nitrogen and oxygen atoms in total. The van der Waals surface area contributed by atoms with Crippen LogP contribution in [0.4, 0.5) is 18.9 Å². The van der Waals surface area contributed by atoms with Crippen molar-refractivity contribution in [2.45, 2.75) is 38.5 Å². The molecule has 0 bridgehead atoms. The molecule has 0 saturated heterocycles. The standard InChI is InChI=1S/C12H14F3N/c1-2-9-4-3-5-11(8-9)16(10-6-7-10)12(13,14)15/h3-5,8,10H,2,6-7H2,1H3. The van der Waals surface area contributed by atoms with Crippen molar-refractivity contribution in [1.82, 2.24) is 0 Å². The third kappa shape index (κ3) is 2.31. The normalized spacial score (nSPS) is 16.2. The molecule has 0 spiro atoms. The summed E-state index contributed by atoms with van der Waals surface area (Å²) >= 11 is 0. The van der Waals surface area contributed by atoms with Crippen LogP contribution in [0.3, 0.4) is 0 Å². The van der Waals surface area contributed by atoms with Gasteiger partial charge in [-0.05, 0) is 37.0 Å². The number of alkyl halides is 3. The number of hydrogen-bond donors (Lipinski definition) is 0. The van der Waals surface area contributed by atoms with Crippen molar-refractivity contribution in [3.63, 3.8) is 0 Å². The van der Waals surface area contributed by atoms with Gasteiger partial charge >= 0.3 is 6.30 Å². The van der Waals surface area contributed by atoms with E-state index in [-0.39, 0.29) is 11.7 Å². The first kappa shape index (κ1) is 11.3. The third-order valence-corrected chi connectivity index (χ3v) is 2.78. The van der Waals surface area contributed by atoms with Crippen molar-refractivity contribution in [2.24, 2.45) is 0 Å². The Morgan fingerprint density at radius 3 is 2.50 bits per heavy atom. The van der Waals surface area contributed by atoms with Crippen molar-refractivity contribution < 1.29 is 13.2 Å². The summed E-state index contributed by atoms with van der Waals surface area (Å²) in [6.45, 7) is 1.94. The highest BCUT2D eigenvalue weighted by atomic mass is 19.4. The lowest BCUT2D eigenvalue weighted by Gasteiger charge is -2.27. The highest BCUT2D eigenvalue weighted by Crippen LogP contribution is 2.39. The molecule has 0 heterocycles. The summed E-state index contributed by atoms with van der Waals surface area (Å²) in [6, 6.07) is 6.35. The van der Waals surface area contributed by atoms with E-state index in [1.807, 2.05) is 13.0 Å². The maximum atomic E-state index is 12.9. The van der Waals surface area contributed by atoms with Crippen LogP contribution in [0.5, 0.6) is 0 Å². The lowest BCUT2D eigenvalue weighted by molar-refractivity contribution is -0.130. The van der Waals surface area contributed by atoms with Gasteiger partial charge in [-0.3, -0.25) is 4.90 Å². The van der Waals surface area contributed by atoms with E-state index in [0.717, 1.165) is 12.0 Å². The van der Waals surface area contributed by atoms with Crippen molar-refractivity contribution in [1.29, 1.82) is 0 Å². The summed E-state index contributed by atoms with van der Waals surface area (Å²) in [6.07, 6.45) is -2.25. The van der Waals surface area contributed by atoms with E-state index in [2.05, 4.69) is 0 Å². The second-order valence-corrected chi connectivity index (χ2v) is 4.09. The Bertz CT molecular complexity index is 369. The Morgan fingerprint density at radius 1 is 1.31 bits per heavy atom. The maximum absolute atomic E-state index is 12.9. The number of nitrogens with zero attached hydrogens (tertiary/aromatic N) is 1. The molecule has 1 aliphatic carbocycles. The molecule has 1 aromatic carbocycles. The molecule has 0 aromatic heterocycles. The number of halogens is 3. The van der Waals surface area contributed by atoms with Gasteiger partial charge in [-0.1, -0.05) is 19.1 Å². The first-order valence-electron chi connectivity index (χ1n) is 5.47. The summed E-state index contributed by atoms with van der Waals surface area (Å²) in [5, 5.41) is 0. The molecular weight excluding hydrogens is 215 g/mol. The minimum atomic E-state index is -4.27. The van der Waals surface area contributed by atoms with Crippen LogP contribution in [-0.4, -0.2) is 12.3 Å². The molecule has 0 aliphatic heterocycles. The fourth-order valence-electron chi connectivity index (χ4n) is 1.82. The van der Waals surface area contributed by atoms with Crippen LogP contribution in [0.2, 0.25) is 0 Å². The van der Waals surface area contributed by atoms with Crippen LogP contribution >= 0.6 is 0 Å². The van der Waals surface area contributed by atoms with Gasteiger partial charge in [0.2, 0.25) is 0 Å². The van der Waals surface area contributed by atoms with Crippen LogP contribution in [-0.2, 0) is 6.42 Å². The molecule has 16 heavy (non-hydrogen) atoms. The average Bonchev–Trinajstić information content (AvgIpc) is 3.00. The fraction of sp³-hybridized carbons (Fsp3) is 0.500. The minimum Gasteiger partial charge on any atom is -0.281 e. The first-order valence-corrected chi connectivity index (χ1v) is 5.47. The monoisotopic (exact) mass is 229 g/mol. The molecule has 0 radical (unpaired) electrons. The van der Waals surface area contributed by atoms with Crippen LogP contribution in [0.15, 0.2) is 24.3 Å². The Morgan fingerprint density at radius 2 is 2.00 bits per heavy atom. The van der Waals surface area contributed by atoms with Gasteiger partial charge in [0.25, 0.3) is 0 Å². The lowest BCUT2D eigenvalue weighted by Crippen LogP contribution is -2.39. The molecule has 1 saturated carbocycles. The highest BCUT2D eigenvalue weighted by Gasteiger charge is 2.46. The van der Waals surface area contributed by atoms with Gasteiger partial charge in [-0.15, -0.1) is 0 Å². The summed E-state index contributed by atoms with van der Waals surface area (Å²) in [5.41, 5.74) is 1.21. The van der Waals surface area contributed by atoms with Crippen molar-refractivity contribution in [3.05, 3.63) is 29.8 Å². The largest absolute Gasteiger partial charge is 0.485 e. The number of hydrogen-bond acceptors (Lipinski definition) is 1. The number of rotatable bonds is 3. The van der Waals surface area contributed by atoms with Gasteiger partial charge in [-0.25, -0.2) is 0 Å². The Labute approximate surface area is 92.9 Å². The zero-order valence-corrected chi connectivity index (χ0v) is 9.09. The van der Waals surface area contributed by atoms with Crippen molar-refractivity contribution in [3.8, 4) is 0 Å². The molecule has 0 amide bonds. The molecule has 1 aliphatic rings. The molecule has 1 fully saturated rings. The quantitative estimate of drug-likeness (QED) is 0.714. The van der Waals surface area contributed by atoms with E-state index in [1.165, 1.54) is 6.07 Å². The SMILES string of the molecule is CCc1cccc(N(C2CC2)C(F)(F)F)c1. The topological polar surface area (TPSA) is 3.24 Å². The Hall–Kier alpha value is -1.19. The van der Waals surface area contributed by atoms with Gasteiger partial charge in [0, 0.05) is 11.7 Å². The zero-order valence-electron chi connectivity index (χ0n) is 9.09. The summed E-state index contributed by atoms with van der Waals surface area (Å²) in [7, 11) is 0. The molecule has 4 heteroatoms. The van der Waals surface area contributed by atoms with Crippen LogP contribution in [0, 0.1) is 0 Å². The number of aryl methyl sites for hydroxylation is 1. The second-order valence-electron chi connectivity index (χ2n) is 4.09. The Balaban J connectivity index is 2.31. The average molecular weight is 229 g/mol. The lowest BCUT2D eigenvalue weighted by atomic mass is 10.1. The zero-order chi connectivity index (χ0) is 11.8. The second kappa shape index (κ2) is 4.00. The molecular formula is C12H14F3N. The van der Waals surface area contributed by atoms with Crippen LogP contribution in [0.1, 0.15) is 25.3 Å². The number of anilines is 1. The highest BCUT2D eigenvalue weighted by molar-refractivity contribution is 5.51. The van der Waals surface area contributed by atoms with E-state index >= 15 is 0 Å². The van der Waals surface area contributed by atoms with E-state index in [9.17, 15) is 13.2 Å². The first-order chi connectivity index (χ1) is 7.52. The molecule has 0 N–H and O–H groups in total. The Kier molecular flexibility index (Phi) is 2.82. The summed E-state index contributed by atoms with van der Waals surface area (Å²) in [4.78, 5) is 0.589. The smallest absolute Gasteiger partial charge is 0.281 e. The van der Waals surface area contributed by atoms with Crippen molar-refractivity contribution >= 4 is 5.69 Å². The summed E-state index contributed by atoms with van der Waals surface area (Å²) < 4.78 is 38.6. The summed E-state index contributed by atoms with van der Waals surface area (Å²) in [5.74, 6) is 0. The molecule has 0 unspecified atom stereocenters. The minimum absolute atomic E-state index is 0.273. The van der Waals surface area contributed by atoms with E-state index in [1.54, 1.807) is 12.1 Å². The molecule has 1 aromatic rings. The van der Waals surface area contributed by atoms with Gasteiger partial charge in [0.15, 0.2) is 0 Å². The molecule has 88 valence electrons. The fourth-order valence-corrected chi connectivity index (χ4v) is 1.82. The predicted octanol–water partition coefficient (Wildman–Crippen LogP) is 3.74. The van der Waals surface area contributed by atoms with Crippen molar-refractivity contribution in [2.75, 3.05) is 4.90 Å². The van der Waals surface area contributed by atoms with Gasteiger partial charge in [0.1, 0.15) is 0 Å².